The summed E-state index contributed by atoms with van der Waals surface area (Å²) < 4.78 is 0.789. The average Bonchev–Trinajstić information content (AvgIpc) is 1.61. The van der Waals surface area contributed by atoms with Gasteiger partial charge in [0.25, 0.3) is 0 Å². The molecule has 0 saturated carbocycles. The summed E-state index contributed by atoms with van der Waals surface area (Å²) in [5.74, 6) is 0. The third-order valence-electron chi connectivity index (χ3n) is 0.385. The van der Waals surface area contributed by atoms with E-state index in [0.29, 0.717) is 0 Å². The third kappa shape index (κ3) is 6.36. The fraction of sp³-hybridized carbons (Fsp3) is 0.250. The first-order valence-corrected chi connectivity index (χ1v) is 3.30. The molecule has 3 heteroatoms. The Balaban J connectivity index is 2.97. The molecule has 7 heavy (non-hydrogen) atoms. The van der Waals surface area contributed by atoms with Crippen molar-refractivity contribution in [3.8, 4) is 0 Å². The van der Waals surface area contributed by atoms with Crippen LogP contribution in [0.5, 0.6) is 0 Å². The zero-order valence-corrected chi connectivity index (χ0v) is 6.75. The van der Waals surface area contributed by atoms with Crippen LogP contribution in [0.1, 0.15) is 0 Å². The largest absolute Gasteiger partial charge is 0.368 e. The summed E-state index contributed by atoms with van der Waals surface area (Å²) in [6.07, 6.45) is 1.77. The molecule has 0 radical (unpaired) electrons. The molecule has 0 amide bonds. The Bertz CT molecular complexity index is 81.8. The van der Waals surface area contributed by atoms with Crippen molar-refractivity contribution in [2.75, 3.05) is 6.54 Å². The number of hydrogen-bond donors (Lipinski definition) is 1. The Hall–Kier alpha value is 0.360. The van der Waals surface area contributed by atoms with Gasteiger partial charge in [-0.3, -0.25) is 0 Å². The zero-order chi connectivity index (χ0) is 5.70. The molecule has 40 valence electrons. The van der Waals surface area contributed by atoms with Crippen molar-refractivity contribution in [1.82, 2.24) is 5.32 Å². The molecule has 0 unspecified atom stereocenters. The van der Waals surface area contributed by atoms with Gasteiger partial charge in [-0.15, -0.1) is 6.58 Å². The molecule has 0 spiro atoms. The first-order valence-electron chi connectivity index (χ1n) is 1.81. The van der Waals surface area contributed by atoms with E-state index in [9.17, 15) is 0 Å². The summed E-state index contributed by atoms with van der Waals surface area (Å²) in [7, 11) is 0. The van der Waals surface area contributed by atoms with E-state index in [1.165, 1.54) is 0 Å². The van der Waals surface area contributed by atoms with Gasteiger partial charge in [0.2, 0.25) is 0 Å². The summed E-state index contributed by atoms with van der Waals surface area (Å²) in [5, 5.41) is 2.90. The maximum absolute atomic E-state index is 4.69. The van der Waals surface area contributed by atoms with Gasteiger partial charge in [-0.05, 0) is 22.6 Å². The fourth-order valence-electron chi connectivity index (χ4n) is 0.152. The minimum Gasteiger partial charge on any atom is -0.368 e. The van der Waals surface area contributed by atoms with E-state index in [-0.39, 0.29) is 0 Å². The van der Waals surface area contributed by atoms with E-state index in [4.69, 9.17) is 0 Å². The summed E-state index contributed by atoms with van der Waals surface area (Å²) in [4.78, 5) is 0. The number of nitrogens with one attached hydrogen (secondary N) is 1. The van der Waals surface area contributed by atoms with Crippen LogP contribution in [0, 0.1) is 0 Å². The zero-order valence-electron chi connectivity index (χ0n) is 3.78. The molecule has 0 aromatic heterocycles. The second-order valence-corrected chi connectivity index (χ2v) is 3.16. The van der Waals surface area contributed by atoms with E-state index >= 15 is 0 Å². The first-order chi connectivity index (χ1) is 3.27. The molecule has 0 aliphatic heterocycles. The van der Waals surface area contributed by atoms with Crippen LogP contribution in [0.15, 0.2) is 12.7 Å². The molecule has 0 aromatic rings. The average molecular weight is 227 g/mol. The van der Waals surface area contributed by atoms with Gasteiger partial charge in [0.1, 0.15) is 3.00 Å². The van der Waals surface area contributed by atoms with Crippen molar-refractivity contribution in [2.45, 2.75) is 0 Å². The number of hydrogen-bond acceptors (Lipinski definition) is 1. The van der Waals surface area contributed by atoms with Gasteiger partial charge in [0.05, 0.1) is 0 Å². The second kappa shape index (κ2) is 4.52. The molecule has 0 fully saturated rings. The van der Waals surface area contributed by atoms with Crippen molar-refractivity contribution >= 4 is 37.8 Å². The van der Waals surface area contributed by atoms with Gasteiger partial charge >= 0.3 is 0 Å². The smallest absolute Gasteiger partial charge is 0.138 e. The van der Waals surface area contributed by atoms with Crippen molar-refractivity contribution in [1.29, 1.82) is 0 Å². The van der Waals surface area contributed by atoms with Crippen LogP contribution >= 0.6 is 34.8 Å². The highest BCUT2D eigenvalue weighted by molar-refractivity contribution is 14.1. The highest BCUT2D eigenvalue weighted by Crippen LogP contribution is 1.81. The Kier molecular flexibility index (Phi) is 4.75. The Morgan fingerprint density at radius 3 is 2.71 bits per heavy atom. The molecule has 0 atom stereocenters. The molecule has 0 rings (SSSR count). The molecule has 0 aromatic carbocycles. The van der Waals surface area contributed by atoms with E-state index in [1.807, 2.05) is 22.6 Å². The fourth-order valence-corrected chi connectivity index (χ4v) is 0.456. The monoisotopic (exact) mass is 227 g/mol. The van der Waals surface area contributed by atoms with Gasteiger partial charge in [0.15, 0.2) is 0 Å². The van der Waals surface area contributed by atoms with E-state index < -0.39 is 0 Å². The van der Waals surface area contributed by atoms with Crippen molar-refractivity contribution in [2.24, 2.45) is 0 Å². The van der Waals surface area contributed by atoms with Gasteiger partial charge in [-0.25, -0.2) is 0 Å². The van der Waals surface area contributed by atoms with Crippen LogP contribution < -0.4 is 5.32 Å². The summed E-state index contributed by atoms with van der Waals surface area (Å²) in [5.41, 5.74) is 0. The lowest BCUT2D eigenvalue weighted by Crippen LogP contribution is -2.14. The standard InChI is InChI=1S/C4H6INS/c1-2-3-6-4(5)7/h2H,1,3H2,(H,6,7). The highest BCUT2D eigenvalue weighted by atomic mass is 127. The van der Waals surface area contributed by atoms with Crippen LogP contribution in [0.25, 0.3) is 0 Å². The number of rotatable bonds is 2. The van der Waals surface area contributed by atoms with Crippen molar-refractivity contribution in [3.05, 3.63) is 12.7 Å². The molecule has 0 bridgehead atoms. The lowest BCUT2D eigenvalue weighted by Gasteiger charge is -1.92. The topological polar surface area (TPSA) is 12.0 Å². The normalized spacial score (nSPS) is 7.57. The van der Waals surface area contributed by atoms with E-state index in [2.05, 4.69) is 24.1 Å². The predicted molar refractivity (Wildman–Crippen MR) is 44.8 cm³/mol. The van der Waals surface area contributed by atoms with Crippen LogP contribution in [-0.4, -0.2) is 9.54 Å². The Morgan fingerprint density at radius 1 is 2.00 bits per heavy atom. The molecule has 1 nitrogen and oxygen atoms in total. The number of halogens is 1. The van der Waals surface area contributed by atoms with Crippen molar-refractivity contribution in [3.63, 3.8) is 0 Å². The van der Waals surface area contributed by atoms with Crippen molar-refractivity contribution < 1.29 is 0 Å². The summed E-state index contributed by atoms with van der Waals surface area (Å²) >= 11 is 6.73. The first kappa shape index (κ1) is 7.36. The lowest BCUT2D eigenvalue weighted by molar-refractivity contribution is 1.09. The van der Waals surface area contributed by atoms with Crippen LogP contribution in [-0.2, 0) is 0 Å². The van der Waals surface area contributed by atoms with E-state index in [1.54, 1.807) is 6.08 Å². The minimum atomic E-state index is 0.766. The third-order valence-corrected chi connectivity index (χ3v) is 0.911. The van der Waals surface area contributed by atoms with Gasteiger partial charge in [0, 0.05) is 6.54 Å². The SMILES string of the molecule is C=CCNC(=S)I. The van der Waals surface area contributed by atoms with Gasteiger partial charge in [-0.2, -0.15) is 0 Å². The molecular formula is C4H6INS. The van der Waals surface area contributed by atoms with Crippen LogP contribution in [0.3, 0.4) is 0 Å². The molecule has 0 aliphatic carbocycles. The van der Waals surface area contributed by atoms with Gasteiger partial charge < -0.3 is 5.32 Å². The minimum absolute atomic E-state index is 0.766. The highest BCUT2D eigenvalue weighted by Gasteiger charge is 1.78. The molecule has 0 saturated heterocycles. The predicted octanol–water partition coefficient (Wildman–Crippen LogP) is 1.48. The summed E-state index contributed by atoms with van der Waals surface area (Å²) in [6, 6.07) is 0. The lowest BCUT2D eigenvalue weighted by atomic mass is 10.6. The molecular weight excluding hydrogens is 221 g/mol. The van der Waals surface area contributed by atoms with Crippen LogP contribution in [0.2, 0.25) is 0 Å². The Morgan fingerprint density at radius 2 is 2.57 bits per heavy atom. The van der Waals surface area contributed by atoms with Crippen LogP contribution in [0.4, 0.5) is 0 Å². The quantitative estimate of drug-likeness (QED) is 0.252. The summed E-state index contributed by atoms with van der Waals surface area (Å²) in [6.45, 7) is 4.27. The maximum Gasteiger partial charge on any atom is 0.138 e. The number of thiocarbonyl (C=S) groups is 1. The molecule has 1 N–H and O–H groups in total. The van der Waals surface area contributed by atoms with Gasteiger partial charge in [-0.1, -0.05) is 18.3 Å². The van der Waals surface area contributed by atoms with E-state index in [0.717, 1.165) is 9.54 Å². The second-order valence-electron chi connectivity index (χ2n) is 0.943. The molecule has 0 heterocycles. The Labute approximate surface area is 62.3 Å². The molecule has 0 aliphatic rings. The maximum atomic E-state index is 4.69.